The average molecular weight is 315 g/mol. The van der Waals surface area contributed by atoms with Crippen molar-refractivity contribution in [2.45, 2.75) is 76.1 Å². The minimum atomic E-state index is -0.0794. The van der Waals surface area contributed by atoms with Crippen LogP contribution >= 0.6 is 0 Å². The molecular weight excluding hydrogens is 287 g/mol. The molecule has 0 saturated heterocycles. The fourth-order valence-electron chi connectivity index (χ4n) is 1.57. The van der Waals surface area contributed by atoms with Crippen molar-refractivity contribution in [3.63, 3.8) is 0 Å². The monoisotopic (exact) mass is 316 g/mol. The molecule has 0 aliphatic heterocycles. The van der Waals surface area contributed by atoms with Crippen LogP contribution in [-0.4, -0.2) is 21.1 Å². The van der Waals surface area contributed by atoms with Gasteiger partial charge in [0.05, 0.1) is 0 Å². The Balaban J connectivity index is 2.96. The molecule has 0 atom stereocenters. The Morgan fingerprint density at radius 2 is 1.47 bits per heavy atom. The predicted octanol–water partition coefficient (Wildman–Crippen LogP) is 5.17. The zero-order chi connectivity index (χ0) is 11.2. The van der Waals surface area contributed by atoms with Gasteiger partial charge in [0.15, 0.2) is 0 Å². The van der Waals surface area contributed by atoms with Crippen LogP contribution in [0.5, 0.6) is 0 Å². The molecule has 0 rings (SSSR count). The molecule has 1 heteroatoms. The van der Waals surface area contributed by atoms with Gasteiger partial charge in [-0.05, 0) is 0 Å². The molecule has 0 bridgehead atoms. The second-order valence-electron chi connectivity index (χ2n) is 4.27. The summed E-state index contributed by atoms with van der Waals surface area (Å²) in [7, 11) is 0. The van der Waals surface area contributed by atoms with E-state index in [1.807, 2.05) is 0 Å². The predicted molar refractivity (Wildman–Crippen MR) is 72.6 cm³/mol. The molecule has 0 aromatic heterocycles. The molecule has 88 valence electrons. The van der Waals surface area contributed by atoms with Crippen LogP contribution in [0.1, 0.15) is 71.6 Å². The van der Waals surface area contributed by atoms with Crippen molar-refractivity contribution in [3.8, 4) is 0 Å². The molecule has 0 aromatic carbocycles. The van der Waals surface area contributed by atoms with Gasteiger partial charge >= 0.3 is 107 Å². The summed E-state index contributed by atoms with van der Waals surface area (Å²) in [6, 6.07) is 0. The number of unbranched alkanes of at least 4 members (excludes halogenated alkanes) is 7. The van der Waals surface area contributed by atoms with E-state index in [2.05, 4.69) is 24.0 Å². The molecule has 0 spiro atoms. The summed E-state index contributed by atoms with van der Waals surface area (Å²) in [4.78, 5) is 0. The van der Waals surface area contributed by atoms with E-state index in [9.17, 15) is 0 Å². The molecule has 0 heterocycles. The minimum absolute atomic E-state index is 0.0794. The number of hydrogen-bond acceptors (Lipinski definition) is 0. The number of rotatable bonds is 11. The van der Waals surface area contributed by atoms with Crippen molar-refractivity contribution in [1.29, 1.82) is 0 Å². The van der Waals surface area contributed by atoms with Gasteiger partial charge in [0.2, 0.25) is 0 Å². The maximum atomic E-state index is 2.55. The molecule has 0 nitrogen and oxygen atoms in total. The first-order chi connectivity index (χ1) is 7.41. The molecule has 0 unspecified atom stereocenters. The zero-order valence-corrected chi connectivity index (χ0v) is 13.6. The van der Waals surface area contributed by atoms with Gasteiger partial charge in [0, 0.05) is 0 Å². The van der Waals surface area contributed by atoms with E-state index >= 15 is 0 Å². The van der Waals surface area contributed by atoms with Gasteiger partial charge in [-0.15, -0.1) is 0 Å². The first-order valence-electron chi connectivity index (χ1n) is 6.80. The van der Waals surface area contributed by atoms with Crippen LogP contribution in [-0.2, 0) is 0 Å². The van der Waals surface area contributed by atoms with Gasteiger partial charge in [0.25, 0.3) is 0 Å². The van der Waals surface area contributed by atoms with Gasteiger partial charge in [-0.2, -0.15) is 0 Å². The van der Waals surface area contributed by atoms with Crippen molar-refractivity contribution < 1.29 is 0 Å². The normalized spacial score (nSPS) is 11.3. The third kappa shape index (κ3) is 14.5. The number of allylic oxidation sites excluding steroid dienone is 1. The van der Waals surface area contributed by atoms with Crippen molar-refractivity contribution in [1.82, 2.24) is 0 Å². The van der Waals surface area contributed by atoms with E-state index in [0.29, 0.717) is 0 Å². The Labute approximate surface area is 107 Å². The summed E-state index contributed by atoms with van der Waals surface area (Å²) in [5.74, 6) is 0. The topological polar surface area (TPSA) is 0 Å². The van der Waals surface area contributed by atoms with Crippen LogP contribution in [0.4, 0.5) is 0 Å². The number of hydrogen-bond donors (Lipinski definition) is 0. The van der Waals surface area contributed by atoms with Gasteiger partial charge in [-0.3, -0.25) is 0 Å². The zero-order valence-electron chi connectivity index (χ0n) is 10.7. The fourth-order valence-corrected chi connectivity index (χ4v) is 4.59. The van der Waals surface area contributed by atoms with Crippen LogP contribution in [0.2, 0.25) is 4.44 Å². The molecule has 0 saturated carbocycles. The van der Waals surface area contributed by atoms with E-state index in [0.717, 1.165) is 0 Å². The summed E-state index contributed by atoms with van der Waals surface area (Å²) in [6.45, 7) is 4.57. The average Bonchev–Trinajstić information content (AvgIpc) is 2.26. The van der Waals surface area contributed by atoms with Crippen molar-refractivity contribution in [2.24, 2.45) is 0 Å². The third-order valence-electron chi connectivity index (χ3n) is 2.63. The van der Waals surface area contributed by atoms with Crippen molar-refractivity contribution in [3.05, 3.63) is 10.2 Å². The van der Waals surface area contributed by atoms with Crippen molar-refractivity contribution >= 4 is 21.1 Å². The molecule has 0 fully saturated rings. The van der Waals surface area contributed by atoms with Gasteiger partial charge < -0.3 is 0 Å². The molecule has 0 aliphatic carbocycles. The quantitative estimate of drug-likeness (QED) is 0.364. The molecule has 0 aliphatic rings. The first-order valence-corrected chi connectivity index (χ1v) is 10.5. The van der Waals surface area contributed by atoms with Gasteiger partial charge in [-0.1, -0.05) is 0 Å². The Hall–Kier alpha value is 0.539. The van der Waals surface area contributed by atoms with Crippen LogP contribution in [0.25, 0.3) is 0 Å². The first kappa shape index (κ1) is 15.5. The summed E-state index contributed by atoms with van der Waals surface area (Å²) in [5, 5.41) is 0. The summed E-state index contributed by atoms with van der Waals surface area (Å²) >= 11 is -0.0794. The van der Waals surface area contributed by atoms with Crippen LogP contribution in [0.3, 0.4) is 0 Å². The van der Waals surface area contributed by atoms with Gasteiger partial charge in [-0.25, -0.2) is 0 Å². The Kier molecular flexibility index (Phi) is 15.1. The van der Waals surface area contributed by atoms with Crippen LogP contribution in [0, 0.1) is 0 Å². The van der Waals surface area contributed by atoms with Gasteiger partial charge in [0.1, 0.15) is 0 Å². The Morgan fingerprint density at radius 3 is 2.20 bits per heavy atom. The Morgan fingerprint density at radius 1 is 0.800 bits per heavy atom. The SMILES string of the molecule is CCCCCCCCC=[CH][Sn][CH2]CCC. The van der Waals surface area contributed by atoms with Crippen molar-refractivity contribution in [2.75, 3.05) is 0 Å². The summed E-state index contributed by atoms with van der Waals surface area (Å²) in [5.41, 5.74) is 0. The standard InChI is InChI=1S/C10H19.C4H9.Sn/c1-3-5-7-9-10-8-6-4-2;1-3-4-2;/h1,3H,4-10H2,2H3;1,3-4H2,2H3;. The maximum absolute atomic E-state index is 2.55. The Bertz CT molecular complexity index is 129. The second kappa shape index (κ2) is 14.5. The van der Waals surface area contributed by atoms with E-state index < -0.39 is 0 Å². The molecule has 15 heavy (non-hydrogen) atoms. The molecule has 0 N–H and O–H groups in total. The van der Waals surface area contributed by atoms with Crippen LogP contribution < -0.4 is 0 Å². The summed E-state index contributed by atoms with van der Waals surface area (Å²) in [6.07, 6.45) is 15.2. The fraction of sp³-hybridized carbons (Fsp3) is 0.857. The van der Waals surface area contributed by atoms with E-state index in [-0.39, 0.29) is 21.1 Å². The molecule has 0 amide bonds. The van der Waals surface area contributed by atoms with E-state index in [4.69, 9.17) is 0 Å². The third-order valence-corrected chi connectivity index (χ3v) is 5.81. The molecule has 0 aromatic rings. The van der Waals surface area contributed by atoms with Crippen LogP contribution in [0.15, 0.2) is 10.2 Å². The van der Waals surface area contributed by atoms with E-state index in [1.165, 1.54) is 57.8 Å². The summed E-state index contributed by atoms with van der Waals surface area (Å²) < 4.78 is 4.10. The molecule has 2 radical (unpaired) electrons. The van der Waals surface area contributed by atoms with E-state index in [1.54, 1.807) is 4.44 Å². The molecular formula is C14H28Sn. The second-order valence-corrected chi connectivity index (χ2v) is 7.81.